The van der Waals surface area contributed by atoms with E-state index in [1.165, 1.54) is 30.5 Å². The summed E-state index contributed by atoms with van der Waals surface area (Å²) in [5.74, 6) is 0.670. The van der Waals surface area contributed by atoms with Crippen molar-refractivity contribution < 1.29 is 9.47 Å². The zero-order valence-corrected chi connectivity index (χ0v) is 13.5. The van der Waals surface area contributed by atoms with Crippen LogP contribution in [0.2, 0.25) is 0 Å². The molecule has 3 atom stereocenters. The van der Waals surface area contributed by atoms with Crippen LogP contribution < -0.4 is 10.6 Å². The molecule has 22 heavy (non-hydrogen) atoms. The third-order valence-electron chi connectivity index (χ3n) is 4.82. The number of benzene rings is 1. The molecule has 0 amide bonds. The summed E-state index contributed by atoms with van der Waals surface area (Å²) in [6.07, 6.45) is 3.85. The second kappa shape index (κ2) is 7.95. The van der Waals surface area contributed by atoms with Crippen LogP contribution in [-0.4, -0.2) is 38.4 Å². The van der Waals surface area contributed by atoms with Crippen LogP contribution in [0.5, 0.6) is 0 Å². The second-order valence-corrected chi connectivity index (χ2v) is 6.32. The highest BCUT2D eigenvalue weighted by Crippen LogP contribution is 2.32. The molecular formula is C18H28N2O2. The average molecular weight is 304 g/mol. The molecule has 4 nitrogen and oxygen atoms in total. The van der Waals surface area contributed by atoms with Crippen molar-refractivity contribution in [3.05, 3.63) is 29.8 Å². The van der Waals surface area contributed by atoms with Gasteiger partial charge in [0.05, 0.1) is 19.8 Å². The van der Waals surface area contributed by atoms with Gasteiger partial charge < -0.3 is 20.1 Å². The minimum atomic E-state index is 0.506. The lowest BCUT2D eigenvalue weighted by Gasteiger charge is -2.33. The van der Waals surface area contributed by atoms with Crippen LogP contribution in [0, 0.1) is 5.92 Å². The number of ether oxygens (including phenoxy) is 2. The molecule has 2 N–H and O–H groups in total. The average Bonchev–Trinajstić information content (AvgIpc) is 3.03. The molecule has 1 saturated carbocycles. The van der Waals surface area contributed by atoms with Crippen LogP contribution in [0.1, 0.15) is 31.7 Å². The molecular weight excluding hydrogens is 276 g/mol. The Hall–Kier alpha value is -1.10. The molecule has 3 rings (SSSR count). The van der Waals surface area contributed by atoms with E-state index in [2.05, 4.69) is 34.9 Å². The van der Waals surface area contributed by atoms with Crippen molar-refractivity contribution in [3.8, 4) is 0 Å². The van der Waals surface area contributed by atoms with E-state index in [0.717, 1.165) is 26.4 Å². The lowest BCUT2D eigenvalue weighted by molar-refractivity contribution is 0.0559. The fourth-order valence-corrected chi connectivity index (χ4v) is 3.64. The van der Waals surface area contributed by atoms with Gasteiger partial charge in [-0.15, -0.1) is 0 Å². The van der Waals surface area contributed by atoms with Crippen molar-refractivity contribution in [3.63, 3.8) is 0 Å². The van der Waals surface area contributed by atoms with E-state index in [-0.39, 0.29) is 0 Å². The van der Waals surface area contributed by atoms with Crippen LogP contribution in [0.25, 0.3) is 0 Å². The maximum Gasteiger partial charge on any atom is 0.0716 e. The van der Waals surface area contributed by atoms with Crippen LogP contribution in [-0.2, 0) is 16.1 Å². The first-order chi connectivity index (χ1) is 10.9. The summed E-state index contributed by atoms with van der Waals surface area (Å²) in [5, 5.41) is 7.36. The Labute approximate surface area is 133 Å². The molecule has 2 aliphatic rings. The van der Waals surface area contributed by atoms with E-state index in [0.29, 0.717) is 24.6 Å². The quantitative estimate of drug-likeness (QED) is 0.848. The van der Waals surface area contributed by atoms with Crippen molar-refractivity contribution in [2.45, 2.75) is 44.9 Å². The zero-order chi connectivity index (χ0) is 15.2. The first kappa shape index (κ1) is 15.8. The highest BCUT2D eigenvalue weighted by atomic mass is 16.5. The van der Waals surface area contributed by atoms with Crippen LogP contribution in [0.4, 0.5) is 5.69 Å². The molecule has 1 aliphatic carbocycles. The summed E-state index contributed by atoms with van der Waals surface area (Å²) in [5.41, 5.74) is 2.45. The summed E-state index contributed by atoms with van der Waals surface area (Å²) in [7, 11) is 0. The number of nitrogens with one attached hydrogen (secondary N) is 2. The predicted octanol–water partition coefficient (Wildman–Crippen LogP) is 2.79. The Morgan fingerprint density at radius 1 is 1.27 bits per heavy atom. The van der Waals surface area contributed by atoms with E-state index in [1.807, 2.05) is 6.92 Å². The van der Waals surface area contributed by atoms with Crippen molar-refractivity contribution in [1.82, 2.24) is 5.32 Å². The van der Waals surface area contributed by atoms with Gasteiger partial charge in [-0.1, -0.05) is 18.6 Å². The smallest absolute Gasteiger partial charge is 0.0716 e. The van der Waals surface area contributed by atoms with E-state index in [4.69, 9.17) is 9.47 Å². The lowest BCUT2D eigenvalue weighted by Crippen LogP contribution is -2.49. The molecule has 1 saturated heterocycles. The second-order valence-electron chi connectivity index (χ2n) is 6.32. The van der Waals surface area contributed by atoms with E-state index < -0.39 is 0 Å². The molecule has 122 valence electrons. The van der Waals surface area contributed by atoms with Gasteiger partial charge in [0.1, 0.15) is 0 Å². The van der Waals surface area contributed by atoms with Gasteiger partial charge in [-0.05, 0) is 43.4 Å². The third-order valence-corrected chi connectivity index (χ3v) is 4.82. The molecule has 0 radical (unpaired) electrons. The Morgan fingerprint density at radius 3 is 2.86 bits per heavy atom. The Morgan fingerprint density at radius 2 is 2.14 bits per heavy atom. The minimum absolute atomic E-state index is 0.506. The van der Waals surface area contributed by atoms with Gasteiger partial charge in [0, 0.05) is 30.9 Å². The molecule has 1 aromatic carbocycles. The van der Waals surface area contributed by atoms with Crippen molar-refractivity contribution in [1.29, 1.82) is 0 Å². The molecule has 0 spiro atoms. The molecule has 0 bridgehead atoms. The normalized spacial score (nSPS) is 28.7. The van der Waals surface area contributed by atoms with Gasteiger partial charge in [-0.2, -0.15) is 0 Å². The lowest BCUT2D eigenvalue weighted by atomic mass is 9.94. The van der Waals surface area contributed by atoms with Gasteiger partial charge in [-0.25, -0.2) is 0 Å². The molecule has 0 aromatic heterocycles. The van der Waals surface area contributed by atoms with E-state index in [1.54, 1.807) is 0 Å². The molecule has 1 heterocycles. The van der Waals surface area contributed by atoms with Crippen molar-refractivity contribution in [2.75, 3.05) is 31.7 Å². The number of morpholine rings is 1. The molecule has 1 aromatic rings. The molecule has 3 unspecified atom stereocenters. The first-order valence-electron chi connectivity index (χ1n) is 8.61. The highest BCUT2D eigenvalue weighted by molar-refractivity contribution is 5.45. The van der Waals surface area contributed by atoms with E-state index >= 15 is 0 Å². The monoisotopic (exact) mass is 304 g/mol. The Kier molecular flexibility index (Phi) is 5.70. The van der Waals surface area contributed by atoms with Gasteiger partial charge in [-0.3, -0.25) is 0 Å². The van der Waals surface area contributed by atoms with E-state index in [9.17, 15) is 0 Å². The van der Waals surface area contributed by atoms with Gasteiger partial charge in [0.25, 0.3) is 0 Å². The summed E-state index contributed by atoms with van der Waals surface area (Å²) >= 11 is 0. The number of rotatable bonds is 6. The third kappa shape index (κ3) is 4.00. The largest absolute Gasteiger partial charge is 0.382 e. The fourth-order valence-electron chi connectivity index (χ4n) is 3.64. The predicted molar refractivity (Wildman–Crippen MR) is 89.1 cm³/mol. The SMILES string of the molecule is CCOCc1ccc(NC2CCCC2C2COCCN2)cc1. The van der Waals surface area contributed by atoms with Crippen molar-refractivity contribution in [2.24, 2.45) is 5.92 Å². The Bertz CT molecular complexity index is 443. The first-order valence-corrected chi connectivity index (χ1v) is 8.61. The van der Waals surface area contributed by atoms with Crippen molar-refractivity contribution >= 4 is 5.69 Å². The van der Waals surface area contributed by atoms with Crippen LogP contribution >= 0.6 is 0 Å². The van der Waals surface area contributed by atoms with Gasteiger partial charge >= 0.3 is 0 Å². The van der Waals surface area contributed by atoms with Gasteiger partial charge in [0.15, 0.2) is 0 Å². The maximum atomic E-state index is 5.64. The maximum absolute atomic E-state index is 5.64. The summed E-state index contributed by atoms with van der Waals surface area (Å²) in [4.78, 5) is 0. The number of anilines is 1. The molecule has 1 aliphatic heterocycles. The van der Waals surface area contributed by atoms with Crippen LogP contribution in [0.3, 0.4) is 0 Å². The van der Waals surface area contributed by atoms with Gasteiger partial charge in [0.2, 0.25) is 0 Å². The topological polar surface area (TPSA) is 42.5 Å². The molecule has 2 fully saturated rings. The zero-order valence-electron chi connectivity index (χ0n) is 13.5. The van der Waals surface area contributed by atoms with Crippen LogP contribution in [0.15, 0.2) is 24.3 Å². The minimum Gasteiger partial charge on any atom is -0.382 e. The summed E-state index contributed by atoms with van der Waals surface area (Å²) in [6.45, 7) is 6.18. The number of hydrogen-bond donors (Lipinski definition) is 2. The summed E-state index contributed by atoms with van der Waals surface area (Å²) < 4.78 is 11.1. The highest BCUT2D eigenvalue weighted by Gasteiger charge is 2.34. The Balaban J connectivity index is 1.56. The number of hydrogen-bond acceptors (Lipinski definition) is 4. The summed E-state index contributed by atoms with van der Waals surface area (Å²) in [6, 6.07) is 9.72. The fraction of sp³-hybridized carbons (Fsp3) is 0.667. The molecule has 4 heteroatoms. The standard InChI is InChI=1S/C18H28N2O2/c1-2-21-12-14-6-8-15(9-7-14)20-17-5-3-4-16(17)18-13-22-11-10-19-18/h6-9,16-20H,2-5,10-13H2,1H3.